The van der Waals surface area contributed by atoms with E-state index in [1.54, 1.807) is 12.1 Å². The third kappa shape index (κ3) is 5.76. The molecule has 0 bridgehead atoms. The van der Waals surface area contributed by atoms with Crippen molar-refractivity contribution >= 4 is 0 Å². The Labute approximate surface area is 177 Å². The van der Waals surface area contributed by atoms with Crippen LogP contribution in [0.3, 0.4) is 0 Å². The van der Waals surface area contributed by atoms with Crippen molar-refractivity contribution in [2.24, 2.45) is 5.92 Å². The van der Waals surface area contributed by atoms with Gasteiger partial charge < -0.3 is 4.57 Å². The molecule has 2 aromatic carbocycles. The predicted octanol–water partition coefficient (Wildman–Crippen LogP) is 6.60. The van der Waals surface area contributed by atoms with Gasteiger partial charge in [0, 0.05) is 37.6 Å². The van der Waals surface area contributed by atoms with Crippen LogP contribution >= 0.6 is 0 Å². The fourth-order valence-electron chi connectivity index (χ4n) is 3.53. The molecule has 0 radical (unpaired) electrons. The van der Waals surface area contributed by atoms with Gasteiger partial charge in [0.2, 0.25) is 0 Å². The fraction of sp³-hybridized carbons (Fsp3) is 0.360. The fourth-order valence-corrected chi connectivity index (χ4v) is 3.53. The molecule has 0 spiro atoms. The first-order chi connectivity index (χ1) is 14.2. The number of hydrogen-bond donors (Lipinski definition) is 0. The van der Waals surface area contributed by atoms with Gasteiger partial charge in [-0.1, -0.05) is 56.3 Å². The molecule has 0 aliphatic heterocycles. The summed E-state index contributed by atoms with van der Waals surface area (Å²) in [5.41, 5.74) is 2.66. The normalized spacial score (nSPS) is 13.2. The SMILES string of the molecule is CC(C)[C@H](C)N(Cc1ccccc1)Cc1cccn1Cc1ccc(C(F)(F)F)cc1. The highest BCUT2D eigenvalue weighted by molar-refractivity contribution is 5.25. The summed E-state index contributed by atoms with van der Waals surface area (Å²) in [6.45, 7) is 8.88. The van der Waals surface area contributed by atoms with Gasteiger partial charge >= 0.3 is 6.18 Å². The molecular weight excluding hydrogens is 385 g/mol. The van der Waals surface area contributed by atoms with Gasteiger partial charge in [-0.25, -0.2) is 0 Å². The van der Waals surface area contributed by atoms with E-state index in [9.17, 15) is 13.2 Å². The van der Waals surface area contributed by atoms with Crippen molar-refractivity contribution in [3.63, 3.8) is 0 Å². The lowest BCUT2D eigenvalue weighted by atomic mass is 10.0. The van der Waals surface area contributed by atoms with E-state index in [0.29, 0.717) is 18.5 Å². The molecule has 0 unspecified atom stereocenters. The molecular formula is C25H29F3N2. The van der Waals surface area contributed by atoms with Gasteiger partial charge in [-0.3, -0.25) is 4.90 Å². The maximum atomic E-state index is 12.8. The molecule has 1 heterocycles. The van der Waals surface area contributed by atoms with E-state index in [-0.39, 0.29) is 0 Å². The van der Waals surface area contributed by atoms with E-state index in [1.807, 2.05) is 18.3 Å². The first-order valence-electron chi connectivity index (χ1n) is 10.3. The second kappa shape index (κ2) is 9.52. The molecule has 0 fully saturated rings. The zero-order valence-electron chi connectivity index (χ0n) is 17.7. The number of hydrogen-bond acceptors (Lipinski definition) is 1. The van der Waals surface area contributed by atoms with Gasteiger partial charge in [0.15, 0.2) is 0 Å². The summed E-state index contributed by atoms with van der Waals surface area (Å²) >= 11 is 0. The molecule has 1 atom stereocenters. The Bertz CT molecular complexity index is 912. The first kappa shape index (κ1) is 22.2. The van der Waals surface area contributed by atoms with Crippen molar-refractivity contribution in [2.75, 3.05) is 0 Å². The second-order valence-corrected chi connectivity index (χ2v) is 8.20. The van der Waals surface area contributed by atoms with Crippen LogP contribution in [0.1, 0.15) is 43.2 Å². The van der Waals surface area contributed by atoms with Crippen LogP contribution in [0.2, 0.25) is 0 Å². The Hall–Kier alpha value is -2.53. The molecule has 3 rings (SSSR count). The van der Waals surface area contributed by atoms with E-state index >= 15 is 0 Å². The number of aromatic nitrogens is 1. The van der Waals surface area contributed by atoms with Crippen LogP contribution in [0.5, 0.6) is 0 Å². The zero-order valence-corrected chi connectivity index (χ0v) is 17.7. The van der Waals surface area contributed by atoms with Crippen LogP contribution in [0.25, 0.3) is 0 Å². The van der Waals surface area contributed by atoms with E-state index in [1.165, 1.54) is 5.56 Å². The monoisotopic (exact) mass is 414 g/mol. The lowest BCUT2D eigenvalue weighted by molar-refractivity contribution is -0.137. The van der Waals surface area contributed by atoms with E-state index in [4.69, 9.17) is 0 Å². The summed E-state index contributed by atoms with van der Waals surface area (Å²) in [6, 6.07) is 20.3. The smallest absolute Gasteiger partial charge is 0.346 e. The van der Waals surface area contributed by atoms with Gasteiger partial charge in [-0.2, -0.15) is 13.2 Å². The predicted molar refractivity (Wildman–Crippen MR) is 115 cm³/mol. The molecule has 30 heavy (non-hydrogen) atoms. The highest BCUT2D eigenvalue weighted by Crippen LogP contribution is 2.29. The van der Waals surface area contributed by atoms with Crippen molar-refractivity contribution < 1.29 is 13.2 Å². The van der Waals surface area contributed by atoms with Crippen molar-refractivity contribution in [1.29, 1.82) is 0 Å². The van der Waals surface area contributed by atoms with Crippen molar-refractivity contribution in [2.45, 2.75) is 52.6 Å². The van der Waals surface area contributed by atoms with Crippen molar-refractivity contribution in [3.05, 3.63) is 95.3 Å². The summed E-state index contributed by atoms with van der Waals surface area (Å²) in [4.78, 5) is 2.46. The maximum absolute atomic E-state index is 12.8. The number of halogens is 3. The number of benzene rings is 2. The third-order valence-electron chi connectivity index (χ3n) is 5.69. The standard InChI is InChI=1S/C25H29F3N2/c1-19(2)20(3)30(17-21-8-5-4-6-9-21)18-24-10-7-15-29(24)16-22-11-13-23(14-12-22)25(26,27)28/h4-15,19-20H,16-18H2,1-3H3/t20-/m0/s1. The van der Waals surface area contributed by atoms with Crippen LogP contribution in [0, 0.1) is 5.92 Å². The first-order valence-corrected chi connectivity index (χ1v) is 10.3. The number of rotatable bonds is 8. The topological polar surface area (TPSA) is 8.17 Å². The molecule has 5 heteroatoms. The minimum atomic E-state index is -4.30. The Kier molecular flexibility index (Phi) is 7.03. The molecule has 2 nitrogen and oxygen atoms in total. The molecule has 160 valence electrons. The van der Waals surface area contributed by atoms with Crippen LogP contribution in [0.4, 0.5) is 13.2 Å². The van der Waals surface area contributed by atoms with Gasteiger partial charge in [0.25, 0.3) is 0 Å². The van der Waals surface area contributed by atoms with Gasteiger partial charge in [0.1, 0.15) is 0 Å². The summed E-state index contributed by atoms with van der Waals surface area (Å²) in [6.07, 6.45) is -2.31. The maximum Gasteiger partial charge on any atom is 0.416 e. The molecule has 3 aromatic rings. The Morgan fingerprint density at radius 2 is 1.47 bits per heavy atom. The van der Waals surface area contributed by atoms with E-state index in [0.717, 1.165) is 36.5 Å². The van der Waals surface area contributed by atoms with Crippen LogP contribution in [0.15, 0.2) is 72.9 Å². The third-order valence-corrected chi connectivity index (χ3v) is 5.69. The van der Waals surface area contributed by atoms with Gasteiger partial charge in [-0.05, 0) is 48.2 Å². The lowest BCUT2D eigenvalue weighted by Gasteiger charge is -2.32. The molecule has 0 N–H and O–H groups in total. The summed E-state index contributed by atoms with van der Waals surface area (Å²) in [7, 11) is 0. The molecule has 0 saturated heterocycles. The second-order valence-electron chi connectivity index (χ2n) is 8.20. The van der Waals surface area contributed by atoms with Crippen LogP contribution in [-0.4, -0.2) is 15.5 Å². The van der Waals surface area contributed by atoms with Crippen molar-refractivity contribution in [1.82, 2.24) is 9.47 Å². The summed E-state index contributed by atoms with van der Waals surface area (Å²) < 4.78 is 40.6. The van der Waals surface area contributed by atoms with Gasteiger partial charge in [0.05, 0.1) is 5.56 Å². The highest BCUT2D eigenvalue weighted by Gasteiger charge is 2.30. The number of alkyl halides is 3. The van der Waals surface area contributed by atoms with Gasteiger partial charge in [-0.15, -0.1) is 0 Å². The van der Waals surface area contributed by atoms with E-state index in [2.05, 4.69) is 60.6 Å². The Morgan fingerprint density at radius 1 is 0.800 bits per heavy atom. The Morgan fingerprint density at radius 3 is 2.07 bits per heavy atom. The lowest BCUT2D eigenvalue weighted by Crippen LogP contribution is -2.36. The quantitative estimate of drug-likeness (QED) is 0.403. The Balaban J connectivity index is 1.76. The number of nitrogens with zero attached hydrogens (tertiary/aromatic N) is 2. The van der Waals surface area contributed by atoms with E-state index < -0.39 is 11.7 Å². The zero-order chi connectivity index (χ0) is 21.7. The molecule has 1 aromatic heterocycles. The molecule has 0 saturated carbocycles. The minimum Gasteiger partial charge on any atom is -0.346 e. The van der Waals surface area contributed by atoms with Crippen LogP contribution in [-0.2, 0) is 25.8 Å². The molecule has 0 amide bonds. The summed E-state index contributed by atoms with van der Waals surface area (Å²) in [5, 5.41) is 0. The molecule has 0 aliphatic rings. The largest absolute Gasteiger partial charge is 0.416 e. The van der Waals surface area contributed by atoms with Crippen molar-refractivity contribution in [3.8, 4) is 0 Å². The minimum absolute atomic E-state index is 0.389. The summed E-state index contributed by atoms with van der Waals surface area (Å²) in [5.74, 6) is 0.507. The highest BCUT2D eigenvalue weighted by atomic mass is 19.4. The molecule has 0 aliphatic carbocycles. The van der Waals surface area contributed by atoms with Crippen LogP contribution < -0.4 is 0 Å². The average molecular weight is 415 g/mol. The average Bonchev–Trinajstić information content (AvgIpc) is 3.14.